The number of fused-ring (bicyclic) bond motifs is 1. The molecule has 0 N–H and O–H groups in total. The highest BCUT2D eigenvalue weighted by atomic mass is 127. The molecule has 0 atom stereocenters. The van der Waals surface area contributed by atoms with Crippen molar-refractivity contribution in [1.82, 2.24) is 0 Å². The standard InChI is InChI=1S/C10H5FINS/c11-7-1-2-8-9(10(7)12)6(3-4-13)5-14-8/h1-2,5H,3H2. The molecular weight excluding hydrogens is 312 g/mol. The van der Waals surface area contributed by atoms with Crippen molar-refractivity contribution in [3.8, 4) is 6.07 Å². The van der Waals surface area contributed by atoms with Crippen LogP contribution in [0.3, 0.4) is 0 Å². The molecule has 2 aromatic rings. The van der Waals surface area contributed by atoms with E-state index in [0.717, 1.165) is 15.6 Å². The minimum Gasteiger partial charge on any atom is -0.206 e. The van der Waals surface area contributed by atoms with Gasteiger partial charge in [-0.25, -0.2) is 4.39 Å². The molecule has 4 heteroatoms. The summed E-state index contributed by atoms with van der Waals surface area (Å²) < 4.78 is 14.9. The highest BCUT2D eigenvalue weighted by molar-refractivity contribution is 14.1. The SMILES string of the molecule is N#CCc1csc2ccc(F)c(I)c12. The fourth-order valence-electron chi connectivity index (χ4n) is 1.34. The summed E-state index contributed by atoms with van der Waals surface area (Å²) in [5.74, 6) is -0.212. The molecule has 1 nitrogen and oxygen atoms in total. The molecule has 0 saturated heterocycles. The zero-order valence-electron chi connectivity index (χ0n) is 7.05. The normalized spacial score (nSPS) is 10.4. The van der Waals surface area contributed by atoms with E-state index in [-0.39, 0.29) is 5.82 Å². The summed E-state index contributed by atoms with van der Waals surface area (Å²) in [6.45, 7) is 0. The van der Waals surface area contributed by atoms with E-state index in [0.29, 0.717) is 9.99 Å². The van der Waals surface area contributed by atoms with Gasteiger partial charge in [0.25, 0.3) is 0 Å². The molecule has 0 fully saturated rings. The number of hydrogen-bond donors (Lipinski definition) is 0. The number of rotatable bonds is 1. The lowest BCUT2D eigenvalue weighted by atomic mass is 10.1. The van der Waals surface area contributed by atoms with Crippen LogP contribution in [0.25, 0.3) is 10.1 Å². The number of hydrogen-bond acceptors (Lipinski definition) is 2. The largest absolute Gasteiger partial charge is 0.206 e. The third-order valence-electron chi connectivity index (χ3n) is 1.98. The van der Waals surface area contributed by atoms with Crippen LogP contribution in [0.1, 0.15) is 5.56 Å². The van der Waals surface area contributed by atoms with Crippen molar-refractivity contribution in [3.05, 3.63) is 32.5 Å². The van der Waals surface area contributed by atoms with Crippen LogP contribution in [0.4, 0.5) is 4.39 Å². The van der Waals surface area contributed by atoms with Crippen LogP contribution in [0.5, 0.6) is 0 Å². The topological polar surface area (TPSA) is 23.8 Å². The maximum atomic E-state index is 13.3. The zero-order chi connectivity index (χ0) is 10.1. The summed E-state index contributed by atoms with van der Waals surface area (Å²) in [7, 11) is 0. The second kappa shape index (κ2) is 3.83. The molecular formula is C10H5FINS. The molecule has 1 aromatic heterocycles. The minimum atomic E-state index is -0.212. The highest BCUT2D eigenvalue weighted by Crippen LogP contribution is 2.31. The van der Waals surface area contributed by atoms with Gasteiger partial charge in [-0.15, -0.1) is 11.3 Å². The predicted molar refractivity (Wildman–Crippen MR) is 63.8 cm³/mol. The lowest BCUT2D eigenvalue weighted by Gasteiger charge is -1.98. The number of nitrogens with zero attached hydrogens (tertiary/aromatic N) is 1. The third kappa shape index (κ3) is 1.51. The number of benzene rings is 1. The first-order valence-electron chi connectivity index (χ1n) is 3.95. The van der Waals surface area contributed by atoms with Gasteiger partial charge >= 0.3 is 0 Å². The van der Waals surface area contributed by atoms with Gasteiger partial charge in [0.15, 0.2) is 0 Å². The van der Waals surface area contributed by atoms with Gasteiger partial charge in [-0.1, -0.05) is 0 Å². The van der Waals surface area contributed by atoms with Gasteiger partial charge < -0.3 is 0 Å². The molecule has 1 heterocycles. The van der Waals surface area contributed by atoms with E-state index < -0.39 is 0 Å². The smallest absolute Gasteiger partial charge is 0.137 e. The fourth-order valence-corrected chi connectivity index (χ4v) is 3.31. The number of nitriles is 1. The zero-order valence-corrected chi connectivity index (χ0v) is 10.0. The fraction of sp³-hybridized carbons (Fsp3) is 0.100. The van der Waals surface area contributed by atoms with Crippen molar-refractivity contribution in [3.63, 3.8) is 0 Å². The summed E-state index contributed by atoms with van der Waals surface area (Å²) in [6.07, 6.45) is 0.347. The van der Waals surface area contributed by atoms with E-state index in [1.54, 1.807) is 17.4 Å². The Morgan fingerprint density at radius 2 is 2.29 bits per heavy atom. The molecule has 2 rings (SSSR count). The van der Waals surface area contributed by atoms with Gasteiger partial charge in [0.05, 0.1) is 16.1 Å². The second-order valence-corrected chi connectivity index (χ2v) is 4.82. The first kappa shape index (κ1) is 9.87. The molecule has 0 aliphatic carbocycles. The third-order valence-corrected chi connectivity index (χ3v) is 4.03. The van der Waals surface area contributed by atoms with E-state index in [9.17, 15) is 4.39 Å². The summed E-state index contributed by atoms with van der Waals surface area (Å²) in [4.78, 5) is 0. The molecule has 0 radical (unpaired) electrons. The Morgan fingerprint density at radius 1 is 1.50 bits per heavy atom. The van der Waals surface area contributed by atoms with E-state index in [2.05, 4.69) is 6.07 Å². The van der Waals surface area contributed by atoms with Crippen molar-refractivity contribution < 1.29 is 4.39 Å². The maximum absolute atomic E-state index is 13.3. The van der Waals surface area contributed by atoms with Crippen LogP contribution in [-0.2, 0) is 6.42 Å². The Kier molecular flexibility index (Phi) is 2.70. The molecule has 0 aliphatic rings. The summed E-state index contributed by atoms with van der Waals surface area (Å²) >= 11 is 3.54. The Morgan fingerprint density at radius 3 is 3.00 bits per heavy atom. The van der Waals surface area contributed by atoms with Crippen molar-refractivity contribution in [2.24, 2.45) is 0 Å². The molecule has 0 bridgehead atoms. The van der Waals surface area contributed by atoms with Crippen molar-refractivity contribution >= 4 is 44.0 Å². The van der Waals surface area contributed by atoms with Crippen LogP contribution in [0.15, 0.2) is 17.5 Å². The van der Waals surface area contributed by atoms with Gasteiger partial charge in [0.2, 0.25) is 0 Å². The van der Waals surface area contributed by atoms with Crippen LogP contribution < -0.4 is 0 Å². The maximum Gasteiger partial charge on any atom is 0.137 e. The average molecular weight is 317 g/mol. The molecule has 0 aliphatic heterocycles. The van der Waals surface area contributed by atoms with Crippen LogP contribution >= 0.6 is 33.9 Å². The molecule has 0 saturated carbocycles. The summed E-state index contributed by atoms with van der Waals surface area (Å²) in [5, 5.41) is 11.4. The predicted octanol–water partition coefficient (Wildman–Crippen LogP) is 3.71. The van der Waals surface area contributed by atoms with Crippen molar-refractivity contribution in [2.45, 2.75) is 6.42 Å². The van der Waals surface area contributed by atoms with E-state index >= 15 is 0 Å². The van der Waals surface area contributed by atoms with Gasteiger partial charge in [-0.3, -0.25) is 0 Å². The summed E-state index contributed by atoms with van der Waals surface area (Å²) in [6, 6.07) is 5.32. The van der Waals surface area contributed by atoms with Gasteiger partial charge in [-0.2, -0.15) is 5.26 Å². The Hall–Kier alpha value is -0.670. The first-order valence-corrected chi connectivity index (χ1v) is 5.91. The Labute approximate surface area is 98.3 Å². The monoisotopic (exact) mass is 317 g/mol. The molecule has 0 spiro atoms. The molecule has 0 unspecified atom stereocenters. The molecule has 1 aromatic carbocycles. The quantitative estimate of drug-likeness (QED) is 0.736. The average Bonchev–Trinajstić information content (AvgIpc) is 2.57. The van der Waals surface area contributed by atoms with E-state index in [1.165, 1.54) is 6.07 Å². The van der Waals surface area contributed by atoms with Gasteiger partial charge in [0.1, 0.15) is 5.82 Å². The summed E-state index contributed by atoms with van der Waals surface area (Å²) in [5.41, 5.74) is 0.927. The van der Waals surface area contributed by atoms with Gasteiger partial charge in [-0.05, 0) is 45.7 Å². The minimum absolute atomic E-state index is 0.212. The highest BCUT2D eigenvalue weighted by Gasteiger charge is 2.10. The molecule has 14 heavy (non-hydrogen) atoms. The van der Waals surface area contributed by atoms with Gasteiger partial charge in [0, 0.05) is 10.1 Å². The van der Waals surface area contributed by atoms with Crippen LogP contribution in [-0.4, -0.2) is 0 Å². The second-order valence-electron chi connectivity index (χ2n) is 2.83. The van der Waals surface area contributed by atoms with Crippen LogP contribution in [0.2, 0.25) is 0 Å². The number of halogens is 2. The van der Waals surface area contributed by atoms with Crippen LogP contribution in [0, 0.1) is 20.7 Å². The molecule has 0 amide bonds. The van der Waals surface area contributed by atoms with Crippen molar-refractivity contribution in [2.75, 3.05) is 0 Å². The van der Waals surface area contributed by atoms with Crippen molar-refractivity contribution in [1.29, 1.82) is 5.26 Å². The van der Waals surface area contributed by atoms with E-state index in [4.69, 9.17) is 5.26 Å². The number of thiophene rings is 1. The Bertz CT molecular complexity index is 527. The van der Waals surface area contributed by atoms with E-state index in [1.807, 2.05) is 28.0 Å². The molecule has 70 valence electrons. The Balaban J connectivity index is 2.77. The lowest BCUT2D eigenvalue weighted by Crippen LogP contribution is -1.85. The first-order chi connectivity index (χ1) is 6.74. The lowest BCUT2D eigenvalue weighted by molar-refractivity contribution is 0.622.